The Morgan fingerprint density at radius 3 is 2.58 bits per heavy atom. The first kappa shape index (κ1) is 15.3. The molecular weight excluding hydrogens is 234 g/mol. The summed E-state index contributed by atoms with van der Waals surface area (Å²) >= 11 is 0. The van der Waals surface area contributed by atoms with Crippen LogP contribution in [0.1, 0.15) is 78.1 Å². The molecule has 0 aromatic rings. The molecule has 1 aliphatic carbocycles. The summed E-state index contributed by atoms with van der Waals surface area (Å²) in [4.78, 5) is 0. The van der Waals surface area contributed by atoms with E-state index in [0.717, 1.165) is 6.61 Å². The molecule has 1 saturated heterocycles. The van der Waals surface area contributed by atoms with Crippen molar-refractivity contribution in [1.29, 1.82) is 0 Å². The molecule has 1 saturated carbocycles. The van der Waals surface area contributed by atoms with E-state index >= 15 is 0 Å². The second-order valence-electron chi connectivity index (χ2n) is 7.12. The van der Waals surface area contributed by atoms with E-state index in [4.69, 9.17) is 4.74 Å². The average Bonchev–Trinajstić information content (AvgIpc) is 2.91. The summed E-state index contributed by atoms with van der Waals surface area (Å²) in [6.45, 7) is 6.77. The van der Waals surface area contributed by atoms with E-state index in [1.807, 2.05) is 0 Å². The predicted octanol–water partition coefficient (Wildman–Crippen LogP) is 4.28. The Bertz CT molecular complexity index is 240. The van der Waals surface area contributed by atoms with Crippen molar-refractivity contribution in [3.05, 3.63) is 0 Å². The summed E-state index contributed by atoms with van der Waals surface area (Å²) in [5.74, 6) is 0. The number of hydrogen-bond donors (Lipinski definition) is 1. The van der Waals surface area contributed by atoms with Crippen LogP contribution in [0.2, 0.25) is 0 Å². The second-order valence-corrected chi connectivity index (χ2v) is 7.12. The molecule has 1 unspecified atom stereocenters. The molecule has 1 N–H and O–H groups in total. The number of nitrogens with one attached hydrogen (secondary N) is 1. The van der Waals surface area contributed by atoms with Crippen LogP contribution in [0.25, 0.3) is 0 Å². The zero-order valence-electron chi connectivity index (χ0n) is 13.0. The first-order chi connectivity index (χ1) is 9.20. The largest absolute Gasteiger partial charge is 0.378 e. The van der Waals surface area contributed by atoms with Gasteiger partial charge in [0.05, 0.1) is 6.10 Å². The van der Waals surface area contributed by atoms with Gasteiger partial charge >= 0.3 is 0 Å². The molecular formula is C17H33NO. The lowest BCUT2D eigenvalue weighted by atomic mass is 9.70. The SMILES string of the molecule is CC(C)NCC1(CCCC2CCCO2)CCCCC1. The highest BCUT2D eigenvalue weighted by molar-refractivity contribution is 4.86. The molecule has 0 spiro atoms. The first-order valence-electron chi connectivity index (χ1n) is 8.55. The van der Waals surface area contributed by atoms with Crippen LogP contribution in [-0.2, 0) is 4.74 Å². The average molecular weight is 267 g/mol. The van der Waals surface area contributed by atoms with Crippen molar-refractivity contribution < 1.29 is 4.74 Å². The van der Waals surface area contributed by atoms with Crippen molar-refractivity contribution in [3.63, 3.8) is 0 Å². The molecule has 0 aromatic carbocycles. The van der Waals surface area contributed by atoms with Gasteiger partial charge in [0.25, 0.3) is 0 Å². The molecule has 1 aliphatic heterocycles. The molecule has 2 fully saturated rings. The highest BCUT2D eigenvalue weighted by Crippen LogP contribution is 2.40. The standard InChI is InChI=1S/C17H33NO/c1-15(2)18-14-17(10-4-3-5-11-17)12-6-8-16-9-7-13-19-16/h15-16,18H,3-14H2,1-2H3. The molecule has 0 bridgehead atoms. The molecule has 2 rings (SSSR count). The van der Waals surface area contributed by atoms with Crippen molar-refractivity contribution in [3.8, 4) is 0 Å². The Morgan fingerprint density at radius 2 is 1.95 bits per heavy atom. The van der Waals surface area contributed by atoms with Crippen LogP contribution in [0.5, 0.6) is 0 Å². The van der Waals surface area contributed by atoms with Gasteiger partial charge in [0.15, 0.2) is 0 Å². The predicted molar refractivity (Wildman–Crippen MR) is 81.5 cm³/mol. The van der Waals surface area contributed by atoms with Gasteiger partial charge in [-0.15, -0.1) is 0 Å². The van der Waals surface area contributed by atoms with Gasteiger partial charge in [0.2, 0.25) is 0 Å². The van der Waals surface area contributed by atoms with Gasteiger partial charge in [-0.2, -0.15) is 0 Å². The fourth-order valence-electron chi connectivity index (χ4n) is 3.81. The smallest absolute Gasteiger partial charge is 0.0576 e. The molecule has 2 aliphatic rings. The molecule has 112 valence electrons. The number of hydrogen-bond acceptors (Lipinski definition) is 2. The zero-order chi connectivity index (χ0) is 13.6. The third-order valence-corrected chi connectivity index (χ3v) is 5.06. The summed E-state index contributed by atoms with van der Waals surface area (Å²) in [6.07, 6.45) is 14.5. The normalized spacial score (nSPS) is 27.0. The topological polar surface area (TPSA) is 21.3 Å². The van der Waals surface area contributed by atoms with Gasteiger partial charge in [0.1, 0.15) is 0 Å². The molecule has 0 aromatic heterocycles. The van der Waals surface area contributed by atoms with E-state index in [1.165, 1.54) is 70.8 Å². The van der Waals surface area contributed by atoms with Gasteiger partial charge < -0.3 is 10.1 Å². The van der Waals surface area contributed by atoms with E-state index in [-0.39, 0.29) is 0 Å². The van der Waals surface area contributed by atoms with Crippen LogP contribution >= 0.6 is 0 Å². The van der Waals surface area contributed by atoms with E-state index in [0.29, 0.717) is 17.6 Å². The Kier molecular flexibility index (Phi) is 6.15. The summed E-state index contributed by atoms with van der Waals surface area (Å²) in [5.41, 5.74) is 0.598. The van der Waals surface area contributed by atoms with E-state index < -0.39 is 0 Å². The lowest BCUT2D eigenvalue weighted by Crippen LogP contribution is -2.39. The van der Waals surface area contributed by atoms with Crippen molar-refractivity contribution >= 4 is 0 Å². The highest BCUT2D eigenvalue weighted by atomic mass is 16.5. The van der Waals surface area contributed by atoms with E-state index in [1.54, 1.807) is 0 Å². The van der Waals surface area contributed by atoms with Crippen molar-refractivity contribution in [2.24, 2.45) is 5.41 Å². The van der Waals surface area contributed by atoms with Crippen LogP contribution in [-0.4, -0.2) is 25.3 Å². The maximum Gasteiger partial charge on any atom is 0.0576 e. The Balaban J connectivity index is 1.75. The Morgan fingerprint density at radius 1 is 1.16 bits per heavy atom. The summed E-state index contributed by atoms with van der Waals surface area (Å²) in [7, 11) is 0. The van der Waals surface area contributed by atoms with Crippen LogP contribution < -0.4 is 5.32 Å². The lowest BCUT2D eigenvalue weighted by molar-refractivity contribution is 0.0917. The van der Waals surface area contributed by atoms with Gasteiger partial charge in [-0.05, 0) is 43.9 Å². The van der Waals surface area contributed by atoms with Crippen LogP contribution in [0.3, 0.4) is 0 Å². The third-order valence-electron chi connectivity index (χ3n) is 5.06. The summed E-state index contributed by atoms with van der Waals surface area (Å²) < 4.78 is 5.76. The zero-order valence-corrected chi connectivity index (χ0v) is 13.0. The van der Waals surface area contributed by atoms with E-state index in [2.05, 4.69) is 19.2 Å². The van der Waals surface area contributed by atoms with Crippen LogP contribution in [0.15, 0.2) is 0 Å². The van der Waals surface area contributed by atoms with Gasteiger partial charge in [-0.3, -0.25) is 0 Å². The molecule has 2 heteroatoms. The third kappa shape index (κ3) is 5.07. The summed E-state index contributed by atoms with van der Waals surface area (Å²) in [5, 5.41) is 3.70. The monoisotopic (exact) mass is 267 g/mol. The maximum atomic E-state index is 5.76. The number of rotatable bonds is 7. The highest BCUT2D eigenvalue weighted by Gasteiger charge is 2.31. The molecule has 1 atom stereocenters. The fourth-order valence-corrected chi connectivity index (χ4v) is 3.81. The molecule has 0 amide bonds. The molecule has 2 nitrogen and oxygen atoms in total. The lowest BCUT2D eigenvalue weighted by Gasteiger charge is -2.38. The van der Waals surface area contributed by atoms with Crippen molar-refractivity contribution in [2.75, 3.05) is 13.2 Å². The first-order valence-corrected chi connectivity index (χ1v) is 8.55. The fraction of sp³-hybridized carbons (Fsp3) is 1.00. The quantitative estimate of drug-likeness (QED) is 0.743. The van der Waals surface area contributed by atoms with Crippen LogP contribution in [0, 0.1) is 5.41 Å². The van der Waals surface area contributed by atoms with E-state index in [9.17, 15) is 0 Å². The maximum absolute atomic E-state index is 5.76. The van der Waals surface area contributed by atoms with Crippen LogP contribution in [0.4, 0.5) is 0 Å². The molecule has 19 heavy (non-hydrogen) atoms. The Hall–Kier alpha value is -0.0800. The molecule has 1 heterocycles. The number of ether oxygens (including phenoxy) is 1. The van der Waals surface area contributed by atoms with Gasteiger partial charge in [-0.1, -0.05) is 39.5 Å². The van der Waals surface area contributed by atoms with Gasteiger partial charge in [-0.25, -0.2) is 0 Å². The second kappa shape index (κ2) is 7.64. The Labute approximate surface area is 119 Å². The minimum Gasteiger partial charge on any atom is -0.378 e. The minimum absolute atomic E-state index is 0.582. The van der Waals surface area contributed by atoms with Gasteiger partial charge in [0, 0.05) is 19.2 Å². The minimum atomic E-state index is 0.582. The summed E-state index contributed by atoms with van der Waals surface area (Å²) in [6, 6.07) is 0.622. The molecule has 0 radical (unpaired) electrons. The van der Waals surface area contributed by atoms with Crippen molar-refractivity contribution in [2.45, 2.75) is 90.2 Å². The van der Waals surface area contributed by atoms with Crippen molar-refractivity contribution in [1.82, 2.24) is 5.32 Å².